The first-order valence-corrected chi connectivity index (χ1v) is 2.94. The fraction of sp³-hybridized carbons (Fsp3) is 0.667. The van der Waals surface area contributed by atoms with E-state index >= 15 is 0 Å². The Morgan fingerprint density at radius 2 is 1.90 bits per heavy atom. The third-order valence-corrected chi connectivity index (χ3v) is 1.23. The minimum Gasteiger partial charge on any atom is -0.344 e. The van der Waals surface area contributed by atoms with Gasteiger partial charge in [-0.3, -0.25) is 0 Å². The summed E-state index contributed by atoms with van der Waals surface area (Å²) in [4.78, 5) is 0. The smallest absolute Gasteiger partial charge is 0.271 e. The van der Waals surface area contributed by atoms with Crippen molar-refractivity contribution in [3.63, 3.8) is 0 Å². The van der Waals surface area contributed by atoms with Gasteiger partial charge in [0.05, 0.1) is 13.2 Å². The lowest BCUT2D eigenvalue weighted by atomic mass is 10.3. The highest BCUT2D eigenvalue weighted by atomic mass is 19.3. The van der Waals surface area contributed by atoms with Crippen LogP contribution in [0.5, 0.6) is 0 Å². The molecular weight excluding hydrogens is 142 g/mol. The number of rotatable bonds is 1. The van der Waals surface area contributed by atoms with Crippen molar-refractivity contribution in [2.45, 2.75) is 12.7 Å². The molecule has 4 heteroatoms. The number of hydrogen-bond donors (Lipinski definition) is 0. The summed E-state index contributed by atoms with van der Waals surface area (Å²) in [5, 5.41) is 0. The van der Waals surface area contributed by atoms with Gasteiger partial charge in [0.15, 0.2) is 5.79 Å². The Labute approximate surface area is 57.4 Å². The molecule has 0 unspecified atom stereocenters. The molecule has 0 N–H and O–H groups in total. The molecule has 0 bridgehead atoms. The van der Waals surface area contributed by atoms with Gasteiger partial charge < -0.3 is 9.47 Å². The highest BCUT2D eigenvalue weighted by molar-refractivity contribution is 4.95. The first-order valence-electron chi connectivity index (χ1n) is 2.94. The van der Waals surface area contributed by atoms with Crippen molar-refractivity contribution in [2.24, 2.45) is 0 Å². The van der Waals surface area contributed by atoms with Gasteiger partial charge in [-0.05, 0) is 6.92 Å². The molecule has 1 saturated heterocycles. The van der Waals surface area contributed by atoms with E-state index in [4.69, 9.17) is 9.47 Å². The van der Waals surface area contributed by atoms with E-state index in [-0.39, 0.29) is 0 Å². The van der Waals surface area contributed by atoms with E-state index in [0.29, 0.717) is 19.3 Å². The standard InChI is InChI=1S/C6H8F2O2/c1-6(4-5(7)8)9-2-3-10-6/h4H,2-3H2,1H3. The van der Waals surface area contributed by atoms with E-state index in [9.17, 15) is 8.78 Å². The number of hydrogen-bond acceptors (Lipinski definition) is 2. The normalized spacial score (nSPS) is 22.7. The summed E-state index contributed by atoms with van der Waals surface area (Å²) >= 11 is 0. The topological polar surface area (TPSA) is 18.5 Å². The van der Waals surface area contributed by atoms with Crippen molar-refractivity contribution < 1.29 is 18.3 Å². The molecule has 0 radical (unpaired) electrons. The van der Waals surface area contributed by atoms with Gasteiger partial charge in [-0.25, -0.2) is 0 Å². The van der Waals surface area contributed by atoms with Gasteiger partial charge in [-0.15, -0.1) is 0 Å². The van der Waals surface area contributed by atoms with Crippen molar-refractivity contribution in [2.75, 3.05) is 13.2 Å². The Kier molecular flexibility index (Phi) is 2.01. The maximum absolute atomic E-state index is 11.6. The summed E-state index contributed by atoms with van der Waals surface area (Å²) < 4.78 is 33.0. The van der Waals surface area contributed by atoms with Gasteiger partial charge in [-0.1, -0.05) is 0 Å². The molecule has 0 atom stereocenters. The highest BCUT2D eigenvalue weighted by Gasteiger charge is 2.29. The minimum absolute atomic E-state index is 0.375. The Balaban J connectivity index is 2.59. The molecule has 1 aliphatic rings. The summed E-state index contributed by atoms with van der Waals surface area (Å²) in [6.45, 7) is 2.21. The molecule has 0 aromatic heterocycles. The second-order valence-electron chi connectivity index (χ2n) is 2.15. The van der Waals surface area contributed by atoms with Gasteiger partial charge in [0.25, 0.3) is 6.08 Å². The maximum atomic E-state index is 11.6. The van der Waals surface area contributed by atoms with E-state index in [1.54, 1.807) is 0 Å². The average molecular weight is 150 g/mol. The zero-order valence-electron chi connectivity index (χ0n) is 5.56. The van der Waals surface area contributed by atoms with Crippen LogP contribution in [0.25, 0.3) is 0 Å². The van der Waals surface area contributed by atoms with E-state index in [2.05, 4.69) is 0 Å². The molecule has 0 aromatic rings. The van der Waals surface area contributed by atoms with E-state index in [0.717, 1.165) is 0 Å². The summed E-state index contributed by atoms with van der Waals surface area (Å²) in [5.74, 6) is -1.20. The molecule has 1 rings (SSSR count). The van der Waals surface area contributed by atoms with Gasteiger partial charge in [0, 0.05) is 6.08 Å². The van der Waals surface area contributed by atoms with Gasteiger partial charge in [-0.2, -0.15) is 8.78 Å². The molecular formula is C6H8F2O2. The predicted molar refractivity (Wildman–Crippen MR) is 30.6 cm³/mol. The summed E-state index contributed by atoms with van der Waals surface area (Å²) in [5.41, 5.74) is 0. The van der Waals surface area contributed by atoms with E-state index in [1.165, 1.54) is 6.92 Å². The third kappa shape index (κ3) is 1.75. The number of halogens is 2. The molecule has 58 valence electrons. The summed E-state index contributed by atoms with van der Waals surface area (Å²) in [7, 11) is 0. The van der Waals surface area contributed by atoms with Crippen LogP contribution in [0.4, 0.5) is 8.78 Å². The van der Waals surface area contributed by atoms with E-state index < -0.39 is 11.9 Å². The van der Waals surface area contributed by atoms with Crippen molar-refractivity contribution in [3.05, 3.63) is 12.2 Å². The van der Waals surface area contributed by atoms with Crippen LogP contribution < -0.4 is 0 Å². The van der Waals surface area contributed by atoms with Crippen LogP contribution in [0.15, 0.2) is 12.2 Å². The zero-order chi connectivity index (χ0) is 7.61. The first-order chi connectivity index (χ1) is 4.62. The van der Waals surface area contributed by atoms with Crippen LogP contribution in [0.3, 0.4) is 0 Å². The lowest BCUT2D eigenvalue weighted by molar-refractivity contribution is -0.102. The monoisotopic (exact) mass is 150 g/mol. The van der Waals surface area contributed by atoms with Crippen molar-refractivity contribution >= 4 is 0 Å². The van der Waals surface area contributed by atoms with Gasteiger partial charge in [0.1, 0.15) is 0 Å². The molecule has 1 fully saturated rings. The molecule has 2 nitrogen and oxygen atoms in total. The minimum atomic E-state index is -1.77. The second kappa shape index (κ2) is 2.64. The van der Waals surface area contributed by atoms with Crippen LogP contribution >= 0.6 is 0 Å². The fourth-order valence-corrected chi connectivity index (χ4v) is 0.812. The Morgan fingerprint density at radius 1 is 1.40 bits per heavy atom. The number of ether oxygens (including phenoxy) is 2. The van der Waals surface area contributed by atoms with Crippen molar-refractivity contribution in [1.29, 1.82) is 0 Å². The van der Waals surface area contributed by atoms with Crippen LogP contribution in [0.1, 0.15) is 6.92 Å². The van der Waals surface area contributed by atoms with Crippen LogP contribution in [0.2, 0.25) is 0 Å². The van der Waals surface area contributed by atoms with Crippen LogP contribution in [-0.4, -0.2) is 19.0 Å². The molecule has 0 saturated carbocycles. The lowest BCUT2D eigenvalue weighted by Crippen LogP contribution is -2.21. The molecule has 1 heterocycles. The second-order valence-corrected chi connectivity index (χ2v) is 2.15. The largest absolute Gasteiger partial charge is 0.344 e. The Morgan fingerprint density at radius 3 is 2.30 bits per heavy atom. The fourth-order valence-electron chi connectivity index (χ4n) is 0.812. The Hall–Kier alpha value is -0.480. The zero-order valence-corrected chi connectivity index (χ0v) is 5.56. The lowest BCUT2D eigenvalue weighted by Gasteiger charge is -2.15. The first kappa shape index (κ1) is 7.63. The highest BCUT2D eigenvalue weighted by Crippen LogP contribution is 2.22. The SMILES string of the molecule is CC1(C=C(F)F)OCCO1. The van der Waals surface area contributed by atoms with Gasteiger partial charge >= 0.3 is 0 Å². The summed E-state index contributed by atoms with van der Waals surface area (Å²) in [6, 6.07) is 0. The molecule has 0 spiro atoms. The predicted octanol–water partition coefficient (Wildman–Crippen LogP) is 1.53. The van der Waals surface area contributed by atoms with Gasteiger partial charge in [0.2, 0.25) is 0 Å². The molecule has 0 amide bonds. The van der Waals surface area contributed by atoms with Crippen molar-refractivity contribution in [1.82, 2.24) is 0 Å². The summed E-state index contributed by atoms with van der Waals surface area (Å²) in [6.07, 6.45) is -1.11. The quantitative estimate of drug-likeness (QED) is 0.564. The average Bonchev–Trinajstić information content (AvgIpc) is 2.12. The molecule has 1 aliphatic heterocycles. The van der Waals surface area contributed by atoms with Crippen molar-refractivity contribution in [3.8, 4) is 0 Å². The maximum Gasteiger partial charge on any atom is 0.271 e. The Bertz CT molecular complexity index is 146. The van der Waals surface area contributed by atoms with E-state index in [1.807, 2.05) is 0 Å². The molecule has 10 heavy (non-hydrogen) atoms. The van der Waals surface area contributed by atoms with Crippen LogP contribution in [0, 0.1) is 0 Å². The van der Waals surface area contributed by atoms with Crippen LogP contribution in [-0.2, 0) is 9.47 Å². The molecule has 0 aliphatic carbocycles. The third-order valence-electron chi connectivity index (χ3n) is 1.23. The molecule has 0 aromatic carbocycles.